The maximum atomic E-state index is 2.39. The van der Waals surface area contributed by atoms with Gasteiger partial charge >= 0.3 is 0 Å². The summed E-state index contributed by atoms with van der Waals surface area (Å²) in [4.78, 5) is 0. The lowest BCUT2D eigenvalue weighted by atomic mass is 9.66. The summed E-state index contributed by atoms with van der Waals surface area (Å²) in [5.74, 6) is 2.80. The summed E-state index contributed by atoms with van der Waals surface area (Å²) >= 11 is 0. The Morgan fingerprint density at radius 2 is 2.10 bits per heavy atom. The first-order chi connectivity index (χ1) is 4.75. The molecule has 3 atom stereocenters. The van der Waals surface area contributed by atoms with Gasteiger partial charge in [0, 0.05) is 0 Å². The maximum Gasteiger partial charge on any atom is -0.0203 e. The molecular formula is C10H18. The zero-order valence-corrected chi connectivity index (χ0v) is 7.30. The van der Waals surface area contributed by atoms with Gasteiger partial charge < -0.3 is 0 Å². The molecule has 0 radical (unpaired) electrons. The fourth-order valence-corrected chi connectivity index (χ4v) is 1.65. The van der Waals surface area contributed by atoms with Gasteiger partial charge in [-0.2, -0.15) is 0 Å². The molecule has 0 nitrogen and oxygen atoms in total. The third-order valence-electron chi connectivity index (χ3n) is 2.84. The first-order valence-corrected chi connectivity index (χ1v) is 4.42. The minimum atomic E-state index is 0.898. The Bertz CT molecular complexity index is 124. The van der Waals surface area contributed by atoms with Crippen LogP contribution in [0, 0.1) is 17.8 Å². The van der Waals surface area contributed by atoms with Crippen LogP contribution in [-0.2, 0) is 0 Å². The van der Waals surface area contributed by atoms with Crippen LogP contribution in [0.5, 0.6) is 0 Å². The molecule has 1 aliphatic rings. The first kappa shape index (κ1) is 7.84. The molecule has 0 aromatic heterocycles. The lowest BCUT2D eigenvalue weighted by molar-refractivity contribution is 0.145. The summed E-state index contributed by atoms with van der Waals surface area (Å²) in [6, 6.07) is 0. The Balaban J connectivity index is 2.26. The molecule has 0 spiro atoms. The summed E-state index contributed by atoms with van der Waals surface area (Å²) in [6.07, 6.45) is 7.30. The van der Waals surface area contributed by atoms with Gasteiger partial charge in [-0.05, 0) is 30.6 Å². The van der Waals surface area contributed by atoms with E-state index < -0.39 is 0 Å². The van der Waals surface area contributed by atoms with Crippen LogP contribution in [0.1, 0.15) is 33.6 Å². The Morgan fingerprint density at radius 1 is 1.40 bits per heavy atom. The smallest absolute Gasteiger partial charge is 0.0203 e. The van der Waals surface area contributed by atoms with Crippen molar-refractivity contribution in [3.63, 3.8) is 0 Å². The van der Waals surface area contributed by atoms with Crippen molar-refractivity contribution in [2.45, 2.75) is 33.6 Å². The van der Waals surface area contributed by atoms with E-state index in [0.29, 0.717) is 0 Å². The molecular weight excluding hydrogens is 120 g/mol. The van der Waals surface area contributed by atoms with Crippen LogP contribution in [0.2, 0.25) is 0 Å². The summed E-state index contributed by atoms with van der Waals surface area (Å²) in [7, 11) is 0. The molecule has 0 aromatic rings. The molecule has 0 amide bonds. The first-order valence-electron chi connectivity index (χ1n) is 4.42. The summed E-state index contributed by atoms with van der Waals surface area (Å²) < 4.78 is 0. The van der Waals surface area contributed by atoms with Gasteiger partial charge in [-0.3, -0.25) is 0 Å². The predicted molar refractivity (Wildman–Crippen MR) is 45.9 cm³/mol. The summed E-state index contributed by atoms with van der Waals surface area (Å²) in [6.45, 7) is 6.91. The highest BCUT2D eigenvalue weighted by Crippen LogP contribution is 2.40. The molecule has 0 heteroatoms. The van der Waals surface area contributed by atoms with E-state index >= 15 is 0 Å². The van der Waals surface area contributed by atoms with E-state index in [9.17, 15) is 0 Å². The van der Waals surface area contributed by atoms with E-state index in [0.717, 1.165) is 17.8 Å². The molecule has 10 heavy (non-hydrogen) atoms. The highest BCUT2D eigenvalue weighted by molar-refractivity contribution is 4.98. The van der Waals surface area contributed by atoms with E-state index in [4.69, 9.17) is 0 Å². The van der Waals surface area contributed by atoms with Gasteiger partial charge in [0.1, 0.15) is 0 Å². The Labute approximate surface area is 64.3 Å². The van der Waals surface area contributed by atoms with Gasteiger partial charge in [0.2, 0.25) is 0 Å². The molecule has 58 valence electrons. The van der Waals surface area contributed by atoms with E-state index in [1.54, 1.807) is 0 Å². The largest absolute Gasteiger partial charge is 0.0885 e. The summed E-state index contributed by atoms with van der Waals surface area (Å²) in [5.41, 5.74) is 0. The number of hydrogen-bond acceptors (Lipinski definition) is 0. The van der Waals surface area contributed by atoms with Crippen molar-refractivity contribution >= 4 is 0 Å². The van der Waals surface area contributed by atoms with Crippen LogP contribution in [0.15, 0.2) is 12.2 Å². The highest BCUT2D eigenvalue weighted by Gasteiger charge is 2.31. The molecule has 1 aliphatic carbocycles. The number of hydrogen-bond donors (Lipinski definition) is 0. The van der Waals surface area contributed by atoms with Crippen molar-refractivity contribution in [3.05, 3.63) is 12.2 Å². The molecule has 0 N–H and O–H groups in total. The van der Waals surface area contributed by atoms with E-state index in [-0.39, 0.29) is 0 Å². The average Bonchev–Trinajstić information content (AvgIpc) is 1.97. The van der Waals surface area contributed by atoms with Gasteiger partial charge in [0.25, 0.3) is 0 Å². The quantitative estimate of drug-likeness (QED) is 0.514. The lowest BCUT2D eigenvalue weighted by Gasteiger charge is -2.39. The normalized spacial score (nSPS) is 40.1. The van der Waals surface area contributed by atoms with Gasteiger partial charge in [0.15, 0.2) is 0 Å². The van der Waals surface area contributed by atoms with Gasteiger partial charge in [-0.1, -0.05) is 32.9 Å². The molecule has 0 aliphatic heterocycles. The van der Waals surface area contributed by atoms with Crippen LogP contribution in [0.3, 0.4) is 0 Å². The fraction of sp³-hybridized carbons (Fsp3) is 0.800. The molecule has 1 rings (SSSR count). The van der Waals surface area contributed by atoms with Crippen LogP contribution in [0.25, 0.3) is 0 Å². The van der Waals surface area contributed by atoms with Crippen molar-refractivity contribution in [2.75, 3.05) is 0 Å². The van der Waals surface area contributed by atoms with Crippen molar-refractivity contribution in [1.82, 2.24) is 0 Å². The van der Waals surface area contributed by atoms with E-state index in [1.165, 1.54) is 12.8 Å². The third-order valence-corrected chi connectivity index (χ3v) is 2.84. The molecule has 0 aromatic carbocycles. The molecule has 0 bridgehead atoms. The zero-order chi connectivity index (χ0) is 7.56. The second-order valence-corrected chi connectivity index (χ2v) is 3.57. The van der Waals surface area contributed by atoms with E-state index in [2.05, 4.69) is 32.9 Å². The topological polar surface area (TPSA) is 0 Å². The van der Waals surface area contributed by atoms with Gasteiger partial charge in [-0.15, -0.1) is 0 Å². The van der Waals surface area contributed by atoms with Crippen LogP contribution >= 0.6 is 0 Å². The standard InChI is InChI=1S/C10H18/c1-4-5-6-10-7-8(2)9(10)3/h5-6,8-10H,4,7H2,1-3H3. The fourth-order valence-electron chi connectivity index (χ4n) is 1.65. The second kappa shape index (κ2) is 3.23. The number of rotatable bonds is 2. The van der Waals surface area contributed by atoms with E-state index in [1.807, 2.05) is 0 Å². The average molecular weight is 138 g/mol. The number of allylic oxidation sites excluding steroid dienone is 2. The Kier molecular flexibility index (Phi) is 2.53. The van der Waals surface area contributed by atoms with Crippen LogP contribution in [-0.4, -0.2) is 0 Å². The Morgan fingerprint density at radius 3 is 2.50 bits per heavy atom. The minimum Gasteiger partial charge on any atom is -0.0885 e. The monoisotopic (exact) mass is 138 g/mol. The van der Waals surface area contributed by atoms with Gasteiger partial charge in [0.05, 0.1) is 0 Å². The second-order valence-electron chi connectivity index (χ2n) is 3.57. The Hall–Kier alpha value is -0.260. The van der Waals surface area contributed by atoms with Crippen molar-refractivity contribution in [2.24, 2.45) is 17.8 Å². The third kappa shape index (κ3) is 1.42. The summed E-state index contributed by atoms with van der Waals surface area (Å²) in [5, 5.41) is 0. The van der Waals surface area contributed by atoms with Crippen LogP contribution in [0.4, 0.5) is 0 Å². The van der Waals surface area contributed by atoms with Crippen molar-refractivity contribution < 1.29 is 0 Å². The molecule has 0 heterocycles. The zero-order valence-electron chi connectivity index (χ0n) is 7.30. The van der Waals surface area contributed by atoms with Crippen molar-refractivity contribution in [1.29, 1.82) is 0 Å². The molecule has 1 fully saturated rings. The molecule has 1 saturated carbocycles. The lowest BCUT2D eigenvalue weighted by Crippen LogP contribution is -2.30. The molecule has 3 unspecified atom stereocenters. The maximum absolute atomic E-state index is 2.39. The minimum absolute atomic E-state index is 0.898. The van der Waals surface area contributed by atoms with Crippen molar-refractivity contribution in [3.8, 4) is 0 Å². The van der Waals surface area contributed by atoms with Crippen LogP contribution < -0.4 is 0 Å². The highest BCUT2D eigenvalue weighted by atomic mass is 14.4. The molecule has 0 saturated heterocycles. The predicted octanol–water partition coefficient (Wildman–Crippen LogP) is 3.24. The SMILES string of the molecule is CCC=CC1CC(C)C1C. The van der Waals surface area contributed by atoms with Gasteiger partial charge in [-0.25, -0.2) is 0 Å².